The van der Waals surface area contributed by atoms with Crippen molar-refractivity contribution in [2.24, 2.45) is 5.73 Å². The standard InChI is InChI=1S/C10H11N5/c1-7-4-14-15(6-7)9-3-2-8(5-13-9)10(11)12/h2-6H,1H3,(H3,11,12). The van der Waals surface area contributed by atoms with Crippen LogP contribution < -0.4 is 5.73 Å². The maximum absolute atomic E-state index is 7.23. The van der Waals surface area contributed by atoms with E-state index < -0.39 is 0 Å². The predicted molar refractivity (Wildman–Crippen MR) is 57.1 cm³/mol. The van der Waals surface area contributed by atoms with Gasteiger partial charge in [0.25, 0.3) is 0 Å². The first-order chi connectivity index (χ1) is 7.16. The van der Waals surface area contributed by atoms with Gasteiger partial charge in [0.05, 0.1) is 6.20 Å². The first-order valence-electron chi connectivity index (χ1n) is 4.49. The molecular weight excluding hydrogens is 190 g/mol. The van der Waals surface area contributed by atoms with Crippen molar-refractivity contribution in [1.82, 2.24) is 14.8 Å². The third-order valence-corrected chi connectivity index (χ3v) is 2.01. The third-order valence-electron chi connectivity index (χ3n) is 2.01. The Labute approximate surface area is 87.1 Å². The van der Waals surface area contributed by atoms with Crippen molar-refractivity contribution in [2.45, 2.75) is 6.92 Å². The summed E-state index contributed by atoms with van der Waals surface area (Å²) in [6.45, 7) is 1.97. The topological polar surface area (TPSA) is 80.6 Å². The number of nitrogens with two attached hydrogens (primary N) is 1. The van der Waals surface area contributed by atoms with Gasteiger partial charge in [-0.15, -0.1) is 0 Å². The van der Waals surface area contributed by atoms with Gasteiger partial charge in [0, 0.05) is 18.0 Å². The molecule has 0 spiro atoms. The zero-order valence-corrected chi connectivity index (χ0v) is 8.31. The summed E-state index contributed by atoms with van der Waals surface area (Å²) in [5, 5.41) is 11.4. The predicted octanol–water partition coefficient (Wildman–Crippen LogP) is 0.860. The molecule has 0 saturated carbocycles. The van der Waals surface area contributed by atoms with E-state index in [0.717, 1.165) is 5.56 Å². The highest BCUT2D eigenvalue weighted by molar-refractivity contribution is 5.94. The van der Waals surface area contributed by atoms with E-state index in [1.807, 2.05) is 13.1 Å². The Hall–Kier alpha value is -2.17. The SMILES string of the molecule is Cc1cnn(-c2ccc(C(=N)N)cn2)c1. The lowest BCUT2D eigenvalue weighted by molar-refractivity contribution is 0.846. The van der Waals surface area contributed by atoms with Gasteiger partial charge in [-0.1, -0.05) is 0 Å². The summed E-state index contributed by atoms with van der Waals surface area (Å²) in [7, 11) is 0. The summed E-state index contributed by atoms with van der Waals surface area (Å²) in [5.41, 5.74) is 7.02. The van der Waals surface area contributed by atoms with E-state index in [4.69, 9.17) is 11.1 Å². The maximum Gasteiger partial charge on any atom is 0.153 e. The number of pyridine rings is 1. The molecule has 3 N–H and O–H groups in total. The van der Waals surface area contributed by atoms with Crippen LogP contribution >= 0.6 is 0 Å². The molecule has 0 fully saturated rings. The van der Waals surface area contributed by atoms with Crippen molar-refractivity contribution >= 4 is 5.84 Å². The second kappa shape index (κ2) is 3.53. The van der Waals surface area contributed by atoms with Crippen molar-refractivity contribution in [3.05, 3.63) is 41.9 Å². The van der Waals surface area contributed by atoms with Crippen LogP contribution in [0.3, 0.4) is 0 Å². The van der Waals surface area contributed by atoms with Crippen molar-refractivity contribution in [2.75, 3.05) is 0 Å². The Morgan fingerprint density at radius 2 is 2.20 bits per heavy atom. The fraction of sp³-hybridized carbons (Fsp3) is 0.100. The quantitative estimate of drug-likeness (QED) is 0.558. The maximum atomic E-state index is 7.23. The molecule has 2 heterocycles. The Morgan fingerprint density at radius 3 is 2.67 bits per heavy atom. The Morgan fingerprint density at radius 1 is 1.40 bits per heavy atom. The molecule has 76 valence electrons. The molecule has 0 amide bonds. The number of aromatic nitrogens is 3. The third kappa shape index (κ3) is 1.85. The molecule has 0 saturated heterocycles. The number of nitrogens with one attached hydrogen (secondary N) is 1. The lowest BCUT2D eigenvalue weighted by Crippen LogP contribution is -2.11. The number of aryl methyl sites for hydroxylation is 1. The second-order valence-electron chi connectivity index (χ2n) is 3.28. The summed E-state index contributed by atoms with van der Waals surface area (Å²) in [6, 6.07) is 3.53. The van der Waals surface area contributed by atoms with Gasteiger partial charge in [0.1, 0.15) is 5.84 Å². The molecule has 2 aromatic rings. The van der Waals surface area contributed by atoms with Gasteiger partial charge in [0.15, 0.2) is 5.82 Å². The van der Waals surface area contributed by atoms with Crippen LogP contribution in [0.1, 0.15) is 11.1 Å². The monoisotopic (exact) mass is 201 g/mol. The van der Waals surface area contributed by atoms with Gasteiger partial charge in [0.2, 0.25) is 0 Å². The lowest BCUT2D eigenvalue weighted by Gasteiger charge is -2.01. The molecule has 2 rings (SSSR count). The van der Waals surface area contributed by atoms with E-state index in [1.165, 1.54) is 0 Å². The highest BCUT2D eigenvalue weighted by Crippen LogP contribution is 2.05. The van der Waals surface area contributed by atoms with E-state index in [2.05, 4.69) is 10.1 Å². The summed E-state index contributed by atoms with van der Waals surface area (Å²) in [4.78, 5) is 4.16. The number of nitrogens with zero attached hydrogens (tertiary/aromatic N) is 3. The summed E-state index contributed by atoms with van der Waals surface area (Å²) < 4.78 is 1.68. The van der Waals surface area contributed by atoms with E-state index in [0.29, 0.717) is 11.4 Å². The summed E-state index contributed by atoms with van der Waals surface area (Å²) in [6.07, 6.45) is 5.21. The number of nitrogen functional groups attached to an aromatic ring is 1. The molecule has 0 aliphatic heterocycles. The molecule has 5 heteroatoms. The van der Waals surface area contributed by atoms with E-state index in [-0.39, 0.29) is 5.84 Å². The highest BCUT2D eigenvalue weighted by atomic mass is 15.3. The van der Waals surface area contributed by atoms with E-state index >= 15 is 0 Å². The minimum absolute atomic E-state index is 0.0192. The number of rotatable bonds is 2. The van der Waals surface area contributed by atoms with Gasteiger partial charge < -0.3 is 5.73 Å². The van der Waals surface area contributed by atoms with Crippen LogP contribution in [0.2, 0.25) is 0 Å². The van der Waals surface area contributed by atoms with E-state index in [1.54, 1.807) is 29.2 Å². The molecular formula is C10H11N5. The first-order valence-corrected chi connectivity index (χ1v) is 4.49. The highest BCUT2D eigenvalue weighted by Gasteiger charge is 2.01. The first kappa shape index (κ1) is 9.39. The van der Waals surface area contributed by atoms with Crippen molar-refractivity contribution in [3.8, 4) is 5.82 Å². The van der Waals surface area contributed by atoms with Gasteiger partial charge >= 0.3 is 0 Å². The zero-order chi connectivity index (χ0) is 10.8. The van der Waals surface area contributed by atoms with Gasteiger partial charge in [-0.3, -0.25) is 5.41 Å². The van der Waals surface area contributed by atoms with Crippen molar-refractivity contribution in [1.29, 1.82) is 5.41 Å². The van der Waals surface area contributed by atoms with Crippen LogP contribution in [0.4, 0.5) is 0 Å². The van der Waals surface area contributed by atoms with Crippen LogP contribution in [0.15, 0.2) is 30.7 Å². The molecule has 0 bridgehead atoms. The minimum atomic E-state index is 0.0192. The molecule has 0 unspecified atom stereocenters. The molecule has 0 radical (unpaired) electrons. The fourth-order valence-electron chi connectivity index (χ4n) is 1.22. The van der Waals surface area contributed by atoms with Crippen LogP contribution in [0.5, 0.6) is 0 Å². The largest absolute Gasteiger partial charge is 0.384 e. The molecule has 0 aliphatic carbocycles. The fourth-order valence-corrected chi connectivity index (χ4v) is 1.22. The summed E-state index contributed by atoms with van der Waals surface area (Å²) >= 11 is 0. The Bertz CT molecular complexity index is 483. The normalized spacial score (nSPS) is 10.2. The van der Waals surface area contributed by atoms with E-state index in [9.17, 15) is 0 Å². The van der Waals surface area contributed by atoms with Gasteiger partial charge in [-0.2, -0.15) is 5.10 Å². The molecule has 2 aromatic heterocycles. The Kier molecular flexibility index (Phi) is 2.21. The Balaban J connectivity index is 2.35. The van der Waals surface area contributed by atoms with Crippen LogP contribution in [-0.4, -0.2) is 20.6 Å². The van der Waals surface area contributed by atoms with Gasteiger partial charge in [-0.25, -0.2) is 9.67 Å². The number of amidine groups is 1. The molecule has 5 nitrogen and oxygen atoms in total. The average molecular weight is 201 g/mol. The molecule has 0 aromatic carbocycles. The van der Waals surface area contributed by atoms with Crippen molar-refractivity contribution < 1.29 is 0 Å². The van der Waals surface area contributed by atoms with Crippen LogP contribution in [-0.2, 0) is 0 Å². The number of hydrogen-bond acceptors (Lipinski definition) is 3. The van der Waals surface area contributed by atoms with Crippen molar-refractivity contribution in [3.63, 3.8) is 0 Å². The smallest absolute Gasteiger partial charge is 0.153 e. The van der Waals surface area contributed by atoms with Crippen LogP contribution in [0.25, 0.3) is 5.82 Å². The minimum Gasteiger partial charge on any atom is -0.384 e. The molecule has 0 aliphatic rings. The molecule has 15 heavy (non-hydrogen) atoms. The summed E-state index contributed by atoms with van der Waals surface area (Å²) in [5.74, 6) is 0.735. The van der Waals surface area contributed by atoms with Gasteiger partial charge in [-0.05, 0) is 24.6 Å². The van der Waals surface area contributed by atoms with Crippen LogP contribution in [0, 0.1) is 12.3 Å². The molecule has 0 atom stereocenters. The average Bonchev–Trinajstić information content (AvgIpc) is 2.65. The second-order valence-corrected chi connectivity index (χ2v) is 3.28. The number of hydrogen-bond donors (Lipinski definition) is 2. The lowest BCUT2D eigenvalue weighted by atomic mass is 10.2. The zero-order valence-electron chi connectivity index (χ0n) is 8.31.